The van der Waals surface area contributed by atoms with Gasteiger partial charge in [0, 0.05) is 16.7 Å². The summed E-state index contributed by atoms with van der Waals surface area (Å²) < 4.78 is 34.9. The number of pyridine rings is 1. The van der Waals surface area contributed by atoms with Crippen LogP contribution in [0.2, 0.25) is 0 Å². The summed E-state index contributed by atoms with van der Waals surface area (Å²) in [5.41, 5.74) is 2.33. The van der Waals surface area contributed by atoms with Crippen LogP contribution < -0.4 is 9.46 Å². The van der Waals surface area contributed by atoms with Crippen molar-refractivity contribution in [3.8, 4) is 5.75 Å². The van der Waals surface area contributed by atoms with Gasteiger partial charge < -0.3 is 9.29 Å². The van der Waals surface area contributed by atoms with Crippen LogP contribution in [-0.2, 0) is 18.0 Å². The summed E-state index contributed by atoms with van der Waals surface area (Å²) in [5.74, 6) is 0.226. The molecule has 0 aliphatic carbocycles. The van der Waals surface area contributed by atoms with Crippen LogP contribution in [0.3, 0.4) is 0 Å². The maximum absolute atomic E-state index is 13.7. The zero-order chi connectivity index (χ0) is 20.3. The van der Waals surface area contributed by atoms with Gasteiger partial charge in [-0.15, -0.1) is 4.72 Å². The highest BCUT2D eigenvalue weighted by molar-refractivity contribution is 7.90. The van der Waals surface area contributed by atoms with Gasteiger partial charge in [0.15, 0.2) is 0 Å². The van der Waals surface area contributed by atoms with E-state index in [1.807, 2.05) is 58.0 Å². The molecule has 2 atom stereocenters. The van der Waals surface area contributed by atoms with Crippen LogP contribution in [0.4, 0.5) is 4.39 Å². The Morgan fingerprint density at radius 2 is 1.86 bits per heavy atom. The Morgan fingerprint density at radius 1 is 1.14 bits per heavy atom. The van der Waals surface area contributed by atoms with Crippen molar-refractivity contribution in [3.63, 3.8) is 0 Å². The third kappa shape index (κ3) is 5.01. The number of nitrogens with one attached hydrogen (secondary N) is 1. The maximum atomic E-state index is 13.7. The van der Waals surface area contributed by atoms with Gasteiger partial charge in [-0.3, -0.25) is 0 Å². The summed E-state index contributed by atoms with van der Waals surface area (Å²) in [7, 11) is 0. The molecule has 3 aromatic rings. The van der Waals surface area contributed by atoms with Gasteiger partial charge in [0.1, 0.15) is 28.6 Å². The van der Waals surface area contributed by atoms with Crippen molar-refractivity contribution >= 4 is 22.3 Å². The average molecular weight is 401 g/mol. The highest BCUT2D eigenvalue weighted by Crippen LogP contribution is 2.30. The van der Waals surface area contributed by atoms with Gasteiger partial charge in [-0.2, -0.15) is 0 Å². The first kappa shape index (κ1) is 20.6. The maximum Gasteiger partial charge on any atom is 0.143 e. The van der Waals surface area contributed by atoms with Crippen LogP contribution in [0.1, 0.15) is 45.0 Å². The second-order valence-electron chi connectivity index (χ2n) is 7.70. The standard InChI is InChI=1S/C22H25FN2O2S/c1-15(25-28(26)22(2,3)4)21-20(27-14-16-8-6-5-7-9-16)13-17-12-18(23)10-11-19(17)24-21/h5-13,15,25H,14H2,1-4H3/t15-,28?/m0/s1. The number of hydrogen-bond donors (Lipinski definition) is 1. The third-order valence-electron chi connectivity index (χ3n) is 4.26. The van der Waals surface area contributed by atoms with Gasteiger partial charge in [0.2, 0.25) is 0 Å². The Hall–Kier alpha value is -2.15. The second-order valence-corrected chi connectivity index (χ2v) is 9.70. The lowest BCUT2D eigenvalue weighted by atomic mass is 10.1. The molecule has 0 aliphatic heterocycles. The SMILES string of the molecule is C[C@H](N[S+]([O-])C(C)(C)C)c1nc2ccc(F)cc2cc1OCc1ccccc1. The predicted molar refractivity (Wildman–Crippen MR) is 112 cm³/mol. The van der Waals surface area contributed by atoms with E-state index in [-0.39, 0.29) is 11.9 Å². The molecule has 0 spiro atoms. The minimum Gasteiger partial charge on any atom is -0.598 e. The molecule has 1 aromatic heterocycles. The molecule has 0 saturated carbocycles. The Bertz CT molecular complexity index is 944. The molecule has 2 aromatic carbocycles. The van der Waals surface area contributed by atoms with E-state index in [1.54, 1.807) is 12.1 Å². The molecular formula is C22H25FN2O2S. The molecule has 0 aliphatic rings. The lowest BCUT2D eigenvalue weighted by Gasteiger charge is -2.27. The first-order valence-corrected chi connectivity index (χ1v) is 10.3. The number of halogens is 1. The number of fused-ring (bicyclic) bond motifs is 1. The largest absolute Gasteiger partial charge is 0.598 e. The molecule has 0 bridgehead atoms. The molecule has 0 amide bonds. The van der Waals surface area contributed by atoms with E-state index >= 15 is 0 Å². The number of rotatable bonds is 6. The second kappa shape index (κ2) is 8.47. The molecule has 0 fully saturated rings. The summed E-state index contributed by atoms with van der Waals surface area (Å²) in [6, 6.07) is 15.7. The van der Waals surface area contributed by atoms with Gasteiger partial charge in [-0.05, 0) is 57.5 Å². The quantitative estimate of drug-likeness (QED) is 0.587. The van der Waals surface area contributed by atoms with E-state index in [0.29, 0.717) is 29.0 Å². The lowest BCUT2D eigenvalue weighted by Crippen LogP contribution is -2.40. The summed E-state index contributed by atoms with van der Waals surface area (Å²) >= 11 is -1.26. The molecule has 1 unspecified atom stereocenters. The van der Waals surface area contributed by atoms with Crippen LogP contribution in [0.5, 0.6) is 5.75 Å². The topological polar surface area (TPSA) is 57.2 Å². The van der Waals surface area contributed by atoms with E-state index in [1.165, 1.54) is 12.1 Å². The number of aromatic nitrogens is 1. The average Bonchev–Trinajstić information content (AvgIpc) is 2.65. The minimum atomic E-state index is -1.26. The van der Waals surface area contributed by atoms with Crippen molar-refractivity contribution in [2.75, 3.05) is 0 Å². The lowest BCUT2D eigenvalue weighted by molar-refractivity contribution is 0.299. The number of benzene rings is 2. The normalized spacial score (nSPS) is 14.1. The van der Waals surface area contributed by atoms with Crippen molar-refractivity contribution < 1.29 is 13.7 Å². The number of ether oxygens (including phenoxy) is 1. The zero-order valence-corrected chi connectivity index (χ0v) is 17.3. The van der Waals surface area contributed by atoms with Crippen molar-refractivity contribution in [2.45, 2.75) is 45.1 Å². The van der Waals surface area contributed by atoms with Crippen LogP contribution >= 0.6 is 0 Å². The zero-order valence-electron chi connectivity index (χ0n) is 16.5. The van der Waals surface area contributed by atoms with Crippen LogP contribution in [-0.4, -0.2) is 14.3 Å². The van der Waals surface area contributed by atoms with Gasteiger partial charge in [-0.25, -0.2) is 9.37 Å². The third-order valence-corrected chi connectivity index (χ3v) is 5.94. The smallest absolute Gasteiger partial charge is 0.143 e. The number of hydrogen-bond acceptors (Lipinski definition) is 4. The minimum absolute atomic E-state index is 0.305. The summed E-state index contributed by atoms with van der Waals surface area (Å²) in [4.78, 5) is 4.67. The highest BCUT2D eigenvalue weighted by atomic mass is 32.2. The molecular weight excluding hydrogens is 375 g/mol. The Labute approximate surface area is 168 Å². The Morgan fingerprint density at radius 3 is 2.54 bits per heavy atom. The van der Waals surface area contributed by atoms with Crippen LogP contribution in [0.15, 0.2) is 54.6 Å². The van der Waals surface area contributed by atoms with E-state index in [0.717, 1.165) is 5.56 Å². The van der Waals surface area contributed by atoms with Crippen LogP contribution in [0.25, 0.3) is 10.9 Å². The van der Waals surface area contributed by atoms with Crippen molar-refractivity contribution in [3.05, 3.63) is 71.7 Å². The molecule has 1 heterocycles. The summed E-state index contributed by atoms with van der Waals surface area (Å²) in [6.45, 7) is 7.99. The van der Waals surface area contributed by atoms with Gasteiger partial charge in [0.05, 0.1) is 11.6 Å². The molecule has 28 heavy (non-hydrogen) atoms. The van der Waals surface area contributed by atoms with E-state index in [9.17, 15) is 8.94 Å². The van der Waals surface area contributed by atoms with Crippen molar-refractivity contribution in [1.82, 2.24) is 9.71 Å². The predicted octanol–water partition coefficient (Wildman–Crippen LogP) is 5.07. The van der Waals surface area contributed by atoms with Gasteiger partial charge in [-0.1, -0.05) is 30.3 Å². The first-order valence-electron chi connectivity index (χ1n) is 9.19. The van der Waals surface area contributed by atoms with Crippen molar-refractivity contribution in [1.29, 1.82) is 0 Å². The molecule has 4 nitrogen and oxygen atoms in total. The van der Waals surface area contributed by atoms with Crippen LogP contribution in [0, 0.1) is 5.82 Å². The molecule has 1 N–H and O–H groups in total. The number of nitrogens with zero attached hydrogens (tertiary/aromatic N) is 1. The van der Waals surface area contributed by atoms with E-state index < -0.39 is 16.1 Å². The fourth-order valence-electron chi connectivity index (χ4n) is 2.70. The van der Waals surface area contributed by atoms with Gasteiger partial charge >= 0.3 is 0 Å². The molecule has 0 saturated heterocycles. The molecule has 148 valence electrons. The fourth-order valence-corrected chi connectivity index (χ4v) is 3.48. The first-order chi connectivity index (χ1) is 13.2. The summed E-state index contributed by atoms with van der Waals surface area (Å²) in [6.07, 6.45) is 0. The monoisotopic (exact) mass is 400 g/mol. The Kier molecular flexibility index (Phi) is 6.23. The van der Waals surface area contributed by atoms with Crippen molar-refractivity contribution in [2.24, 2.45) is 0 Å². The Balaban J connectivity index is 1.94. The summed E-state index contributed by atoms with van der Waals surface area (Å²) in [5, 5.41) is 0.663. The molecule has 0 radical (unpaired) electrons. The van der Waals surface area contributed by atoms with E-state index in [2.05, 4.69) is 9.71 Å². The molecule has 6 heteroatoms. The van der Waals surface area contributed by atoms with E-state index in [4.69, 9.17) is 4.74 Å². The molecule has 3 rings (SSSR count). The fraction of sp³-hybridized carbons (Fsp3) is 0.318. The highest BCUT2D eigenvalue weighted by Gasteiger charge is 2.30. The van der Waals surface area contributed by atoms with Gasteiger partial charge in [0.25, 0.3) is 0 Å².